The molecule has 130 valence electrons. The van der Waals surface area contributed by atoms with E-state index in [1.54, 1.807) is 12.0 Å². The molecule has 24 heavy (non-hydrogen) atoms. The number of hydrogen-bond donors (Lipinski definition) is 2. The first-order valence-corrected chi connectivity index (χ1v) is 8.68. The summed E-state index contributed by atoms with van der Waals surface area (Å²) < 4.78 is 5.16. The van der Waals surface area contributed by atoms with Crippen molar-refractivity contribution >= 4 is 11.9 Å². The van der Waals surface area contributed by atoms with E-state index >= 15 is 0 Å². The van der Waals surface area contributed by atoms with Crippen LogP contribution in [0.15, 0.2) is 24.3 Å². The van der Waals surface area contributed by atoms with Crippen molar-refractivity contribution in [3.8, 4) is 5.75 Å². The summed E-state index contributed by atoms with van der Waals surface area (Å²) in [5, 5.41) is 5.97. The fraction of sp³-hybridized carbons (Fsp3) is 0.556. The van der Waals surface area contributed by atoms with Gasteiger partial charge < -0.3 is 20.3 Å². The van der Waals surface area contributed by atoms with E-state index in [9.17, 15) is 9.59 Å². The molecule has 2 aliphatic rings. The van der Waals surface area contributed by atoms with E-state index in [4.69, 9.17) is 4.74 Å². The Hall–Kier alpha value is -2.24. The number of nitrogens with one attached hydrogen (secondary N) is 2. The molecule has 1 saturated heterocycles. The largest absolute Gasteiger partial charge is 0.497 e. The molecule has 1 aliphatic heterocycles. The second kappa shape index (κ2) is 7.55. The summed E-state index contributed by atoms with van der Waals surface area (Å²) in [4.78, 5) is 26.8. The lowest BCUT2D eigenvalue weighted by Crippen LogP contribution is -2.56. The van der Waals surface area contributed by atoms with E-state index in [1.807, 2.05) is 24.3 Å². The predicted octanol–water partition coefficient (Wildman–Crippen LogP) is 2.21. The molecule has 1 saturated carbocycles. The summed E-state index contributed by atoms with van der Waals surface area (Å²) in [5.41, 5.74) is 0.798. The lowest BCUT2D eigenvalue weighted by atomic mass is 9.95. The van der Waals surface area contributed by atoms with Crippen molar-refractivity contribution in [1.29, 1.82) is 0 Å². The van der Waals surface area contributed by atoms with Crippen LogP contribution in [0.2, 0.25) is 0 Å². The predicted molar refractivity (Wildman–Crippen MR) is 90.9 cm³/mol. The van der Waals surface area contributed by atoms with E-state index in [1.165, 1.54) is 6.42 Å². The van der Waals surface area contributed by atoms with Crippen LogP contribution in [0.4, 0.5) is 4.79 Å². The van der Waals surface area contributed by atoms with E-state index in [0.717, 1.165) is 37.0 Å². The molecular formula is C18H25N3O3. The van der Waals surface area contributed by atoms with Crippen molar-refractivity contribution in [1.82, 2.24) is 15.5 Å². The number of hydrogen-bond acceptors (Lipinski definition) is 3. The molecular weight excluding hydrogens is 306 g/mol. The van der Waals surface area contributed by atoms with Gasteiger partial charge in [-0.05, 0) is 30.5 Å². The van der Waals surface area contributed by atoms with Gasteiger partial charge >= 0.3 is 6.03 Å². The molecule has 1 unspecified atom stereocenters. The quantitative estimate of drug-likeness (QED) is 0.892. The molecule has 0 radical (unpaired) electrons. The zero-order valence-electron chi connectivity index (χ0n) is 14.1. The molecule has 6 heteroatoms. The number of benzene rings is 1. The van der Waals surface area contributed by atoms with Gasteiger partial charge in [0.25, 0.3) is 0 Å². The van der Waals surface area contributed by atoms with Crippen molar-refractivity contribution in [2.24, 2.45) is 0 Å². The van der Waals surface area contributed by atoms with E-state index in [2.05, 4.69) is 10.6 Å². The second-order valence-electron chi connectivity index (χ2n) is 6.44. The monoisotopic (exact) mass is 331 g/mol. The Bertz CT molecular complexity index is 582. The molecule has 1 aliphatic carbocycles. The van der Waals surface area contributed by atoms with Gasteiger partial charge in [0.2, 0.25) is 5.91 Å². The number of methoxy groups -OCH3 is 1. The van der Waals surface area contributed by atoms with Crippen molar-refractivity contribution in [3.05, 3.63) is 29.8 Å². The fourth-order valence-corrected chi connectivity index (χ4v) is 3.51. The maximum Gasteiger partial charge on any atom is 0.318 e. The molecule has 3 rings (SSSR count). The lowest BCUT2D eigenvalue weighted by Gasteiger charge is -2.36. The average Bonchev–Trinajstić information content (AvgIpc) is 2.62. The molecule has 6 nitrogen and oxygen atoms in total. The molecule has 3 amide bonds. The van der Waals surface area contributed by atoms with Gasteiger partial charge in [0.05, 0.1) is 7.11 Å². The van der Waals surface area contributed by atoms with Gasteiger partial charge in [-0.2, -0.15) is 0 Å². The number of urea groups is 1. The van der Waals surface area contributed by atoms with E-state index < -0.39 is 6.04 Å². The molecule has 0 aromatic heterocycles. The van der Waals surface area contributed by atoms with Gasteiger partial charge in [-0.15, -0.1) is 0 Å². The summed E-state index contributed by atoms with van der Waals surface area (Å²) in [6.45, 7) is 1.00. The van der Waals surface area contributed by atoms with Crippen molar-refractivity contribution < 1.29 is 14.3 Å². The zero-order chi connectivity index (χ0) is 16.9. The second-order valence-corrected chi connectivity index (χ2v) is 6.44. The number of amides is 3. The summed E-state index contributed by atoms with van der Waals surface area (Å²) in [6.07, 6.45) is 5.62. The Morgan fingerprint density at radius 3 is 2.58 bits per heavy atom. The number of carbonyl (C=O) groups excluding carboxylic acids is 2. The van der Waals surface area contributed by atoms with Crippen molar-refractivity contribution in [3.63, 3.8) is 0 Å². The number of rotatable bonds is 3. The van der Waals surface area contributed by atoms with Gasteiger partial charge in [-0.3, -0.25) is 4.79 Å². The molecule has 1 aromatic rings. The third-order valence-corrected chi connectivity index (χ3v) is 4.84. The Balaban J connectivity index is 1.75. The molecule has 2 N–H and O–H groups in total. The van der Waals surface area contributed by atoms with Gasteiger partial charge in [0, 0.05) is 19.1 Å². The highest BCUT2D eigenvalue weighted by atomic mass is 16.5. The molecule has 1 aromatic carbocycles. The first kappa shape index (κ1) is 16.6. The third-order valence-electron chi connectivity index (χ3n) is 4.84. The summed E-state index contributed by atoms with van der Waals surface area (Å²) in [6, 6.07) is 6.81. The molecule has 0 bridgehead atoms. The van der Waals surface area contributed by atoms with Crippen LogP contribution >= 0.6 is 0 Å². The minimum Gasteiger partial charge on any atom is -0.497 e. The van der Waals surface area contributed by atoms with Crippen molar-refractivity contribution in [2.45, 2.75) is 44.2 Å². The number of ether oxygens (including phenoxy) is 1. The third kappa shape index (κ3) is 3.63. The Kier molecular flexibility index (Phi) is 5.23. The standard InChI is InChI=1S/C18H25N3O3/c1-24-15-9-7-13(8-10-15)16-17(22)19-11-12-21(16)18(23)20-14-5-3-2-4-6-14/h7-10,14,16H,2-6,11-12H2,1H3,(H,19,22)(H,20,23). The minimum absolute atomic E-state index is 0.134. The zero-order valence-corrected chi connectivity index (χ0v) is 14.1. The SMILES string of the molecule is COc1ccc(C2C(=O)NCCN2C(=O)NC2CCCCC2)cc1. The fourth-order valence-electron chi connectivity index (χ4n) is 3.51. The highest BCUT2D eigenvalue weighted by Crippen LogP contribution is 2.26. The summed E-state index contributed by atoms with van der Waals surface area (Å²) in [7, 11) is 1.60. The van der Waals surface area contributed by atoms with Crippen LogP contribution in [-0.4, -0.2) is 43.1 Å². The molecule has 2 fully saturated rings. The van der Waals surface area contributed by atoms with Crippen LogP contribution in [0.25, 0.3) is 0 Å². The minimum atomic E-state index is -0.590. The molecule has 1 atom stereocenters. The van der Waals surface area contributed by atoms with Crippen LogP contribution in [0.3, 0.4) is 0 Å². The van der Waals surface area contributed by atoms with Gasteiger partial charge in [-0.25, -0.2) is 4.79 Å². The van der Waals surface area contributed by atoms with Crippen LogP contribution in [0.1, 0.15) is 43.7 Å². The highest BCUT2D eigenvalue weighted by molar-refractivity contribution is 5.89. The lowest BCUT2D eigenvalue weighted by molar-refractivity contribution is -0.127. The Morgan fingerprint density at radius 2 is 1.92 bits per heavy atom. The van der Waals surface area contributed by atoms with E-state index in [-0.39, 0.29) is 18.0 Å². The highest BCUT2D eigenvalue weighted by Gasteiger charge is 2.35. The van der Waals surface area contributed by atoms with Crippen LogP contribution < -0.4 is 15.4 Å². The number of carbonyl (C=O) groups is 2. The number of piperazine rings is 1. The first-order chi connectivity index (χ1) is 11.7. The molecule has 0 spiro atoms. The van der Waals surface area contributed by atoms with Gasteiger partial charge in [0.15, 0.2) is 0 Å². The first-order valence-electron chi connectivity index (χ1n) is 8.68. The van der Waals surface area contributed by atoms with Crippen LogP contribution in [0.5, 0.6) is 5.75 Å². The number of nitrogens with zero attached hydrogens (tertiary/aromatic N) is 1. The van der Waals surface area contributed by atoms with Crippen LogP contribution in [-0.2, 0) is 4.79 Å². The van der Waals surface area contributed by atoms with Crippen LogP contribution in [0, 0.1) is 0 Å². The Morgan fingerprint density at radius 1 is 1.21 bits per heavy atom. The van der Waals surface area contributed by atoms with Gasteiger partial charge in [0.1, 0.15) is 11.8 Å². The van der Waals surface area contributed by atoms with E-state index in [0.29, 0.717) is 13.1 Å². The topological polar surface area (TPSA) is 70.7 Å². The Labute approximate surface area is 142 Å². The average molecular weight is 331 g/mol. The smallest absolute Gasteiger partial charge is 0.318 e. The summed E-state index contributed by atoms with van der Waals surface area (Å²) >= 11 is 0. The van der Waals surface area contributed by atoms with Gasteiger partial charge in [-0.1, -0.05) is 31.4 Å². The molecule has 1 heterocycles. The maximum atomic E-state index is 12.7. The van der Waals surface area contributed by atoms with Crippen molar-refractivity contribution in [2.75, 3.05) is 20.2 Å². The maximum absolute atomic E-state index is 12.7. The summed E-state index contributed by atoms with van der Waals surface area (Å²) in [5.74, 6) is 0.596. The normalized spacial score (nSPS) is 22.0.